The predicted molar refractivity (Wildman–Crippen MR) is 90.8 cm³/mol. The Morgan fingerprint density at radius 1 is 1.07 bits per heavy atom. The van der Waals surface area contributed by atoms with E-state index in [0.29, 0.717) is 12.5 Å². The summed E-state index contributed by atoms with van der Waals surface area (Å²) in [5.41, 5.74) is 2.34. The van der Waals surface area contributed by atoms with Crippen LogP contribution >= 0.6 is 0 Å². The van der Waals surface area contributed by atoms with E-state index in [9.17, 15) is 13.2 Å². The molecule has 0 bridgehead atoms. The van der Waals surface area contributed by atoms with Gasteiger partial charge in [0.1, 0.15) is 0 Å². The van der Waals surface area contributed by atoms with Crippen molar-refractivity contribution in [2.24, 2.45) is 0 Å². The molecule has 0 amide bonds. The first-order valence-corrected chi connectivity index (χ1v) is 7.71. The van der Waals surface area contributed by atoms with Gasteiger partial charge in [0.15, 0.2) is 0 Å². The van der Waals surface area contributed by atoms with Crippen molar-refractivity contribution in [3.63, 3.8) is 0 Å². The SMILES string of the molecule is O=C(O)C(F)(F)F.c1ccc(Cn2cc(CNc3ncccn3)cn2)cc1. The molecule has 0 radical (unpaired) electrons. The van der Waals surface area contributed by atoms with E-state index in [1.807, 2.05) is 35.3 Å². The van der Waals surface area contributed by atoms with Crippen molar-refractivity contribution in [1.29, 1.82) is 0 Å². The van der Waals surface area contributed by atoms with Gasteiger partial charge in [0.25, 0.3) is 0 Å². The third-order valence-corrected chi connectivity index (χ3v) is 3.13. The number of alkyl halides is 3. The summed E-state index contributed by atoms with van der Waals surface area (Å²) in [6, 6.07) is 12.1. The molecule has 3 aromatic rings. The van der Waals surface area contributed by atoms with E-state index < -0.39 is 12.1 Å². The normalized spacial score (nSPS) is 10.6. The minimum Gasteiger partial charge on any atom is -0.475 e. The lowest BCUT2D eigenvalue weighted by Crippen LogP contribution is -2.21. The minimum atomic E-state index is -5.08. The van der Waals surface area contributed by atoms with Gasteiger partial charge in [-0.15, -0.1) is 0 Å². The fourth-order valence-corrected chi connectivity index (χ4v) is 1.93. The van der Waals surface area contributed by atoms with Crippen LogP contribution in [0.1, 0.15) is 11.1 Å². The molecule has 0 spiro atoms. The van der Waals surface area contributed by atoms with E-state index in [1.54, 1.807) is 18.5 Å². The van der Waals surface area contributed by atoms with E-state index in [4.69, 9.17) is 9.90 Å². The van der Waals surface area contributed by atoms with Gasteiger partial charge in [0, 0.05) is 30.7 Å². The van der Waals surface area contributed by atoms with Gasteiger partial charge in [-0.25, -0.2) is 14.8 Å². The maximum absolute atomic E-state index is 10.6. The van der Waals surface area contributed by atoms with Crippen LogP contribution in [0.15, 0.2) is 61.2 Å². The lowest BCUT2D eigenvalue weighted by atomic mass is 10.2. The number of halogens is 3. The Balaban J connectivity index is 0.000000321. The molecule has 2 aromatic heterocycles. The number of hydrogen-bond acceptors (Lipinski definition) is 5. The molecule has 0 saturated heterocycles. The topological polar surface area (TPSA) is 92.9 Å². The first-order valence-electron chi connectivity index (χ1n) is 7.71. The number of carbonyl (C=O) groups is 1. The fourth-order valence-electron chi connectivity index (χ4n) is 1.93. The van der Waals surface area contributed by atoms with Gasteiger partial charge in [-0.1, -0.05) is 30.3 Å². The summed E-state index contributed by atoms with van der Waals surface area (Å²) < 4.78 is 33.7. The lowest BCUT2D eigenvalue weighted by molar-refractivity contribution is -0.192. The van der Waals surface area contributed by atoms with Crippen molar-refractivity contribution in [3.05, 3.63) is 72.3 Å². The molecular formula is C17H16F3N5O2. The summed E-state index contributed by atoms with van der Waals surface area (Å²) >= 11 is 0. The highest BCUT2D eigenvalue weighted by molar-refractivity contribution is 5.73. The van der Waals surface area contributed by atoms with Gasteiger partial charge in [0.05, 0.1) is 12.7 Å². The summed E-state index contributed by atoms with van der Waals surface area (Å²) in [5.74, 6) is -2.13. The third kappa shape index (κ3) is 7.14. The molecule has 142 valence electrons. The minimum absolute atomic E-state index is 0.628. The summed E-state index contributed by atoms with van der Waals surface area (Å²) in [6.07, 6.45) is 2.24. The molecule has 0 aliphatic carbocycles. The highest BCUT2D eigenvalue weighted by Crippen LogP contribution is 2.13. The average molecular weight is 379 g/mol. The number of aliphatic carboxylic acids is 1. The Hall–Kier alpha value is -3.43. The van der Waals surface area contributed by atoms with Gasteiger partial charge in [-0.3, -0.25) is 4.68 Å². The molecule has 2 heterocycles. The van der Waals surface area contributed by atoms with Crippen LogP contribution in [0, 0.1) is 0 Å². The second-order valence-corrected chi connectivity index (χ2v) is 5.26. The lowest BCUT2D eigenvalue weighted by Gasteiger charge is -2.02. The van der Waals surface area contributed by atoms with Crippen molar-refractivity contribution in [1.82, 2.24) is 19.7 Å². The smallest absolute Gasteiger partial charge is 0.475 e. The number of carboxylic acids is 1. The standard InChI is InChI=1S/C15H15N5.C2HF3O2/c1-2-5-13(6-3-1)11-20-12-14(10-19-20)9-18-15-16-7-4-8-17-15;3-2(4,5)1(6)7/h1-8,10,12H,9,11H2,(H,16,17,18);(H,6,7). The Morgan fingerprint density at radius 2 is 1.70 bits per heavy atom. The van der Waals surface area contributed by atoms with Crippen LogP contribution in [-0.2, 0) is 17.9 Å². The summed E-state index contributed by atoms with van der Waals surface area (Å²) in [6.45, 7) is 1.45. The maximum Gasteiger partial charge on any atom is 0.490 e. The quantitative estimate of drug-likeness (QED) is 0.708. The molecule has 10 heteroatoms. The monoisotopic (exact) mass is 379 g/mol. The molecular weight excluding hydrogens is 363 g/mol. The zero-order chi connectivity index (χ0) is 19.7. The van der Waals surface area contributed by atoms with E-state index in [0.717, 1.165) is 12.1 Å². The molecule has 0 atom stereocenters. The van der Waals surface area contributed by atoms with Crippen molar-refractivity contribution < 1.29 is 23.1 Å². The van der Waals surface area contributed by atoms with Crippen LogP contribution in [-0.4, -0.2) is 37.0 Å². The van der Waals surface area contributed by atoms with E-state index in [2.05, 4.69) is 32.5 Å². The number of nitrogens with one attached hydrogen (secondary N) is 1. The van der Waals surface area contributed by atoms with Crippen molar-refractivity contribution in [2.45, 2.75) is 19.3 Å². The Morgan fingerprint density at radius 3 is 2.30 bits per heavy atom. The fraction of sp³-hybridized carbons (Fsp3) is 0.176. The predicted octanol–water partition coefficient (Wildman–Crippen LogP) is 2.97. The maximum atomic E-state index is 10.6. The molecule has 0 saturated carbocycles. The second kappa shape index (κ2) is 9.32. The zero-order valence-electron chi connectivity index (χ0n) is 14.0. The van der Waals surface area contributed by atoms with Crippen LogP contribution in [0.4, 0.5) is 19.1 Å². The number of anilines is 1. The number of hydrogen-bond donors (Lipinski definition) is 2. The van der Waals surface area contributed by atoms with Crippen molar-refractivity contribution in [3.8, 4) is 0 Å². The number of rotatable bonds is 5. The molecule has 0 fully saturated rings. The summed E-state index contributed by atoms with van der Waals surface area (Å²) in [4.78, 5) is 17.1. The van der Waals surface area contributed by atoms with Crippen molar-refractivity contribution in [2.75, 3.05) is 5.32 Å². The van der Waals surface area contributed by atoms with Gasteiger partial charge in [-0.05, 0) is 11.6 Å². The van der Waals surface area contributed by atoms with E-state index >= 15 is 0 Å². The van der Waals surface area contributed by atoms with Crippen LogP contribution in [0.25, 0.3) is 0 Å². The number of benzene rings is 1. The summed E-state index contributed by atoms with van der Waals surface area (Å²) in [5, 5.41) is 14.6. The first-order chi connectivity index (χ1) is 12.8. The zero-order valence-corrected chi connectivity index (χ0v) is 14.0. The molecule has 0 aliphatic rings. The van der Waals surface area contributed by atoms with Gasteiger partial charge < -0.3 is 10.4 Å². The second-order valence-electron chi connectivity index (χ2n) is 5.26. The van der Waals surface area contributed by atoms with Crippen LogP contribution in [0.2, 0.25) is 0 Å². The number of carboxylic acid groups (broad SMARTS) is 1. The van der Waals surface area contributed by atoms with Crippen LogP contribution in [0.3, 0.4) is 0 Å². The molecule has 1 aromatic carbocycles. The molecule has 0 aliphatic heterocycles. The van der Waals surface area contributed by atoms with Crippen molar-refractivity contribution >= 4 is 11.9 Å². The molecule has 0 unspecified atom stereocenters. The Bertz CT molecular complexity index is 839. The average Bonchev–Trinajstić information content (AvgIpc) is 3.09. The number of nitrogens with zero attached hydrogens (tertiary/aromatic N) is 4. The molecule has 3 rings (SSSR count). The van der Waals surface area contributed by atoms with Crippen LogP contribution in [0.5, 0.6) is 0 Å². The summed E-state index contributed by atoms with van der Waals surface area (Å²) in [7, 11) is 0. The molecule has 2 N–H and O–H groups in total. The van der Waals surface area contributed by atoms with Crippen LogP contribution < -0.4 is 5.32 Å². The van der Waals surface area contributed by atoms with Gasteiger partial charge in [0.2, 0.25) is 5.95 Å². The van der Waals surface area contributed by atoms with Gasteiger partial charge in [-0.2, -0.15) is 18.3 Å². The first kappa shape index (κ1) is 19.9. The van der Waals surface area contributed by atoms with E-state index in [-0.39, 0.29) is 0 Å². The van der Waals surface area contributed by atoms with E-state index in [1.165, 1.54) is 5.56 Å². The highest BCUT2D eigenvalue weighted by atomic mass is 19.4. The number of aromatic nitrogens is 4. The largest absolute Gasteiger partial charge is 0.490 e. The third-order valence-electron chi connectivity index (χ3n) is 3.13. The highest BCUT2D eigenvalue weighted by Gasteiger charge is 2.38. The van der Waals surface area contributed by atoms with Gasteiger partial charge >= 0.3 is 12.1 Å². The Labute approximate surface area is 152 Å². The Kier molecular flexibility index (Phi) is 6.86. The molecule has 27 heavy (non-hydrogen) atoms. The molecule has 7 nitrogen and oxygen atoms in total.